The molecule has 3 rings (SSSR count). The van der Waals surface area contributed by atoms with Crippen molar-refractivity contribution < 1.29 is 9.50 Å². The molecule has 0 atom stereocenters. The predicted molar refractivity (Wildman–Crippen MR) is 101 cm³/mol. The van der Waals surface area contributed by atoms with Gasteiger partial charge in [-0.2, -0.15) is 0 Å². The van der Waals surface area contributed by atoms with Crippen molar-refractivity contribution in [2.75, 3.05) is 19.6 Å². The van der Waals surface area contributed by atoms with Crippen molar-refractivity contribution in [2.45, 2.75) is 51.6 Å². The molecule has 1 saturated heterocycles. The van der Waals surface area contributed by atoms with Crippen molar-refractivity contribution in [1.29, 1.82) is 0 Å². The summed E-state index contributed by atoms with van der Waals surface area (Å²) in [5.74, 6) is 0.0629. The van der Waals surface area contributed by atoms with E-state index in [4.69, 9.17) is 11.6 Å². The second-order valence-corrected chi connectivity index (χ2v) is 7.33. The van der Waals surface area contributed by atoms with Gasteiger partial charge >= 0.3 is 0 Å². The molecular weight excluding hydrogens is 339 g/mol. The van der Waals surface area contributed by atoms with Gasteiger partial charge in [-0.25, -0.2) is 9.37 Å². The summed E-state index contributed by atoms with van der Waals surface area (Å²) >= 11 is 6.21. The van der Waals surface area contributed by atoms with Crippen LogP contribution in [0.5, 0.6) is 0 Å². The summed E-state index contributed by atoms with van der Waals surface area (Å²) in [4.78, 5) is 6.70. The zero-order valence-corrected chi connectivity index (χ0v) is 15.4. The van der Waals surface area contributed by atoms with Gasteiger partial charge in [-0.1, -0.05) is 18.2 Å². The van der Waals surface area contributed by atoms with Crippen LogP contribution < -0.4 is 0 Å². The molecule has 25 heavy (non-hydrogen) atoms. The fourth-order valence-electron chi connectivity index (χ4n) is 3.93. The molecule has 136 valence electrons. The standard InChI is InChI=1S/C20H26ClFN2O/c1-14(25)15(6-5-11-24-9-2-3-10-24)12-18-16-7-4-8-17(16)20(21)23-19(18)13-22/h12,25H,1-11,13H2/b15-12-. The van der Waals surface area contributed by atoms with Crippen molar-refractivity contribution in [2.24, 2.45) is 0 Å². The van der Waals surface area contributed by atoms with Gasteiger partial charge in [0.25, 0.3) is 0 Å². The number of halogens is 2. The lowest BCUT2D eigenvalue weighted by atomic mass is 9.98. The van der Waals surface area contributed by atoms with Crippen LogP contribution in [0.25, 0.3) is 6.08 Å². The molecular formula is C20H26ClFN2O. The zero-order valence-electron chi connectivity index (χ0n) is 14.7. The molecule has 1 fully saturated rings. The average Bonchev–Trinajstić information content (AvgIpc) is 3.27. The molecule has 1 N–H and O–H groups in total. The van der Waals surface area contributed by atoms with Crippen molar-refractivity contribution in [1.82, 2.24) is 9.88 Å². The Morgan fingerprint density at radius 2 is 1.96 bits per heavy atom. The second kappa shape index (κ2) is 8.33. The monoisotopic (exact) mass is 364 g/mol. The van der Waals surface area contributed by atoms with Crippen LogP contribution in [0, 0.1) is 0 Å². The third-order valence-electron chi connectivity index (χ3n) is 5.27. The van der Waals surface area contributed by atoms with Crippen molar-refractivity contribution >= 4 is 17.7 Å². The highest BCUT2D eigenvalue weighted by Crippen LogP contribution is 2.34. The van der Waals surface area contributed by atoms with Crippen LogP contribution in [-0.2, 0) is 19.5 Å². The third-order valence-corrected chi connectivity index (χ3v) is 5.58. The van der Waals surface area contributed by atoms with Crippen molar-refractivity contribution in [3.63, 3.8) is 0 Å². The summed E-state index contributed by atoms with van der Waals surface area (Å²) in [5, 5.41) is 10.4. The van der Waals surface area contributed by atoms with Crippen LogP contribution in [0.1, 0.15) is 54.5 Å². The van der Waals surface area contributed by atoms with Gasteiger partial charge < -0.3 is 10.0 Å². The molecule has 0 radical (unpaired) electrons. The normalized spacial score (nSPS) is 17.9. The Morgan fingerprint density at radius 1 is 1.24 bits per heavy atom. The number of hydrogen-bond donors (Lipinski definition) is 1. The molecule has 0 saturated carbocycles. The van der Waals surface area contributed by atoms with Crippen molar-refractivity contribution in [3.8, 4) is 0 Å². The number of likely N-dealkylation sites (tertiary alicyclic amines) is 1. The number of allylic oxidation sites excluding steroid dienone is 1. The molecule has 0 unspecified atom stereocenters. The smallest absolute Gasteiger partial charge is 0.132 e. The Bertz CT molecular complexity index is 681. The lowest BCUT2D eigenvalue weighted by Crippen LogP contribution is -2.20. The molecule has 1 aromatic rings. The average molecular weight is 365 g/mol. The highest BCUT2D eigenvalue weighted by atomic mass is 35.5. The fourth-order valence-corrected chi connectivity index (χ4v) is 4.25. The Hall–Kier alpha value is -1.39. The second-order valence-electron chi connectivity index (χ2n) is 6.98. The van der Waals surface area contributed by atoms with E-state index in [0.717, 1.165) is 60.9 Å². The first-order valence-electron chi connectivity index (χ1n) is 9.17. The first-order valence-corrected chi connectivity index (χ1v) is 9.55. The van der Waals surface area contributed by atoms with Gasteiger partial charge in [0.2, 0.25) is 0 Å². The topological polar surface area (TPSA) is 36.4 Å². The van der Waals surface area contributed by atoms with Gasteiger partial charge in [-0.3, -0.25) is 0 Å². The van der Waals surface area contributed by atoms with Crippen LogP contribution in [0.15, 0.2) is 17.9 Å². The summed E-state index contributed by atoms with van der Waals surface area (Å²) in [6.45, 7) is 6.41. The number of aliphatic hydroxyl groups is 1. The maximum Gasteiger partial charge on any atom is 0.132 e. The number of hydrogen-bond acceptors (Lipinski definition) is 3. The summed E-state index contributed by atoms with van der Waals surface area (Å²) in [7, 11) is 0. The number of aliphatic hydroxyl groups excluding tert-OH is 1. The van der Waals surface area contributed by atoms with E-state index in [2.05, 4.69) is 16.5 Å². The van der Waals surface area contributed by atoms with E-state index < -0.39 is 6.67 Å². The number of aromatic nitrogens is 1. The van der Waals surface area contributed by atoms with E-state index >= 15 is 0 Å². The van der Waals surface area contributed by atoms with Crippen LogP contribution in [0.3, 0.4) is 0 Å². The van der Waals surface area contributed by atoms with E-state index in [-0.39, 0.29) is 5.76 Å². The van der Waals surface area contributed by atoms with Gasteiger partial charge in [0, 0.05) is 5.56 Å². The summed E-state index contributed by atoms with van der Waals surface area (Å²) in [6, 6.07) is 0. The molecule has 1 aliphatic heterocycles. The summed E-state index contributed by atoms with van der Waals surface area (Å²) < 4.78 is 13.5. The minimum atomic E-state index is -0.655. The molecule has 1 aliphatic carbocycles. The molecule has 1 aromatic heterocycles. The molecule has 3 nitrogen and oxygen atoms in total. The van der Waals surface area contributed by atoms with Gasteiger partial charge in [0.1, 0.15) is 17.6 Å². The van der Waals surface area contributed by atoms with Crippen LogP contribution in [-0.4, -0.2) is 34.6 Å². The minimum absolute atomic E-state index is 0.0629. The van der Waals surface area contributed by atoms with Gasteiger partial charge in [-0.05, 0) is 87.4 Å². The molecule has 2 heterocycles. The maximum absolute atomic E-state index is 13.5. The lowest BCUT2D eigenvalue weighted by molar-refractivity contribution is 0.332. The molecule has 0 spiro atoms. The van der Waals surface area contributed by atoms with E-state index in [1.807, 2.05) is 6.08 Å². The molecule has 5 heteroatoms. The van der Waals surface area contributed by atoms with Crippen LogP contribution >= 0.6 is 11.6 Å². The lowest BCUT2D eigenvalue weighted by Gasteiger charge is -2.16. The summed E-state index contributed by atoms with van der Waals surface area (Å²) in [5.41, 5.74) is 4.05. The van der Waals surface area contributed by atoms with E-state index in [1.165, 1.54) is 25.9 Å². The van der Waals surface area contributed by atoms with Crippen LogP contribution in [0.4, 0.5) is 4.39 Å². The van der Waals surface area contributed by atoms with Gasteiger partial charge in [-0.15, -0.1) is 0 Å². The fraction of sp³-hybridized carbons (Fsp3) is 0.550. The largest absolute Gasteiger partial charge is 0.508 e. The van der Waals surface area contributed by atoms with E-state index in [1.54, 1.807) is 0 Å². The highest BCUT2D eigenvalue weighted by molar-refractivity contribution is 6.30. The molecule has 0 aromatic carbocycles. The van der Waals surface area contributed by atoms with Crippen LogP contribution in [0.2, 0.25) is 5.15 Å². The molecule has 0 bridgehead atoms. The number of alkyl halides is 1. The summed E-state index contributed by atoms with van der Waals surface area (Å²) in [6.07, 6.45) is 8.91. The first kappa shape index (κ1) is 18.4. The molecule has 0 amide bonds. The third kappa shape index (κ3) is 4.24. The van der Waals surface area contributed by atoms with Gasteiger partial charge in [0.15, 0.2) is 0 Å². The maximum atomic E-state index is 13.5. The number of fused-ring (bicyclic) bond motifs is 1. The Kier molecular flexibility index (Phi) is 6.13. The minimum Gasteiger partial charge on any atom is -0.508 e. The Morgan fingerprint density at radius 3 is 2.64 bits per heavy atom. The quantitative estimate of drug-likeness (QED) is 0.419. The first-order chi connectivity index (χ1) is 12.1. The highest BCUT2D eigenvalue weighted by Gasteiger charge is 2.22. The van der Waals surface area contributed by atoms with E-state index in [0.29, 0.717) is 10.8 Å². The SMILES string of the molecule is C=C(O)/C(=C\c1c(CF)nc(Cl)c2c1CCC2)CCCN1CCCC1. The Balaban J connectivity index is 1.82. The predicted octanol–water partition coefficient (Wildman–Crippen LogP) is 5.02. The number of nitrogens with zero attached hydrogens (tertiary/aromatic N) is 2. The number of rotatable bonds is 7. The molecule has 2 aliphatic rings. The Labute approximate surface area is 154 Å². The van der Waals surface area contributed by atoms with Gasteiger partial charge in [0.05, 0.1) is 5.69 Å². The number of pyridine rings is 1. The van der Waals surface area contributed by atoms with E-state index in [9.17, 15) is 9.50 Å². The zero-order chi connectivity index (χ0) is 17.8. The van der Waals surface area contributed by atoms with Crippen molar-refractivity contribution in [3.05, 3.63) is 45.4 Å².